The van der Waals surface area contributed by atoms with E-state index in [1.807, 2.05) is 29.2 Å². The van der Waals surface area contributed by atoms with E-state index in [0.717, 1.165) is 44.0 Å². The summed E-state index contributed by atoms with van der Waals surface area (Å²) in [5.41, 5.74) is 7.10. The van der Waals surface area contributed by atoms with E-state index in [1.165, 1.54) is 0 Å². The minimum atomic E-state index is 0. The summed E-state index contributed by atoms with van der Waals surface area (Å²) in [6.45, 7) is 8.30. The molecule has 1 aromatic rings. The van der Waals surface area contributed by atoms with E-state index < -0.39 is 0 Å². The summed E-state index contributed by atoms with van der Waals surface area (Å²) in [5.74, 6) is 1.51. The van der Waals surface area contributed by atoms with Crippen LogP contribution < -0.4 is 10.5 Å². The van der Waals surface area contributed by atoms with Crippen molar-refractivity contribution < 1.29 is 4.74 Å². The fourth-order valence-electron chi connectivity index (χ4n) is 2.08. The van der Waals surface area contributed by atoms with Crippen molar-refractivity contribution in [3.05, 3.63) is 29.8 Å². The zero-order chi connectivity index (χ0) is 16.4. The Kier molecular flexibility index (Phi) is 11.9. The molecule has 0 saturated carbocycles. The van der Waals surface area contributed by atoms with Gasteiger partial charge in [0.1, 0.15) is 5.75 Å². The molecule has 0 heterocycles. The lowest BCUT2D eigenvalue weighted by Gasteiger charge is -2.19. The number of hydrogen-bond acceptors (Lipinski definition) is 3. The maximum Gasteiger partial charge on any atom is 0.191 e. The van der Waals surface area contributed by atoms with E-state index in [4.69, 9.17) is 10.5 Å². The Morgan fingerprint density at radius 1 is 1.13 bits per heavy atom. The number of guanidine groups is 1. The van der Waals surface area contributed by atoms with Gasteiger partial charge in [-0.25, -0.2) is 4.99 Å². The molecule has 23 heavy (non-hydrogen) atoms. The van der Waals surface area contributed by atoms with Gasteiger partial charge >= 0.3 is 0 Å². The van der Waals surface area contributed by atoms with Gasteiger partial charge in [0.05, 0.1) is 13.2 Å². The van der Waals surface area contributed by atoms with Crippen molar-refractivity contribution in [2.45, 2.75) is 26.8 Å². The Morgan fingerprint density at radius 2 is 1.74 bits per heavy atom. The standard InChI is InChI=1S/C17H30N4O.HI/c1-5-21(6-2)17(18)19-14-15-8-10-16(11-9-15)22-13-7-12-20(3)4;/h8-11H,5-7,12-14H2,1-4H3,(H2,18,19);1H. The maximum atomic E-state index is 5.97. The normalized spacial score (nSPS) is 11.3. The topological polar surface area (TPSA) is 54.1 Å². The van der Waals surface area contributed by atoms with Gasteiger partial charge in [-0.3, -0.25) is 0 Å². The summed E-state index contributed by atoms with van der Waals surface area (Å²) in [4.78, 5) is 8.64. The van der Waals surface area contributed by atoms with Gasteiger partial charge < -0.3 is 20.3 Å². The lowest BCUT2D eigenvalue weighted by molar-refractivity contribution is 0.281. The van der Waals surface area contributed by atoms with Crippen molar-refractivity contribution in [3.63, 3.8) is 0 Å². The summed E-state index contributed by atoms with van der Waals surface area (Å²) in [6.07, 6.45) is 1.03. The highest BCUT2D eigenvalue weighted by Crippen LogP contribution is 2.13. The molecule has 0 bridgehead atoms. The third-order valence-corrected chi connectivity index (χ3v) is 3.45. The zero-order valence-electron chi connectivity index (χ0n) is 14.8. The second-order valence-corrected chi connectivity index (χ2v) is 5.50. The first-order valence-corrected chi connectivity index (χ1v) is 7.98. The molecule has 1 rings (SSSR count). The van der Waals surface area contributed by atoms with Gasteiger partial charge in [-0.15, -0.1) is 24.0 Å². The number of nitrogens with two attached hydrogens (primary N) is 1. The molecule has 1 aromatic carbocycles. The zero-order valence-corrected chi connectivity index (χ0v) is 17.1. The number of halogens is 1. The van der Waals surface area contributed by atoms with Gasteiger partial charge in [-0.2, -0.15) is 0 Å². The average Bonchev–Trinajstić information content (AvgIpc) is 2.51. The van der Waals surface area contributed by atoms with Crippen LogP contribution in [0.25, 0.3) is 0 Å². The van der Waals surface area contributed by atoms with E-state index >= 15 is 0 Å². The van der Waals surface area contributed by atoms with Crippen LogP contribution in [0.4, 0.5) is 0 Å². The molecule has 0 aliphatic rings. The second-order valence-electron chi connectivity index (χ2n) is 5.50. The maximum absolute atomic E-state index is 5.97. The number of aliphatic imine (C=N–C) groups is 1. The molecule has 2 N–H and O–H groups in total. The van der Waals surface area contributed by atoms with Gasteiger partial charge in [0, 0.05) is 19.6 Å². The van der Waals surface area contributed by atoms with Crippen LogP contribution in [0.15, 0.2) is 29.3 Å². The SMILES string of the molecule is CCN(CC)C(N)=NCc1ccc(OCCCN(C)C)cc1.I. The molecule has 0 spiro atoms. The lowest BCUT2D eigenvalue weighted by atomic mass is 10.2. The minimum Gasteiger partial charge on any atom is -0.494 e. The van der Waals surface area contributed by atoms with Crippen molar-refractivity contribution in [2.24, 2.45) is 10.7 Å². The molecular formula is C17H31IN4O. The summed E-state index contributed by atoms with van der Waals surface area (Å²) >= 11 is 0. The molecular weight excluding hydrogens is 403 g/mol. The molecule has 6 heteroatoms. The fourth-order valence-corrected chi connectivity index (χ4v) is 2.08. The molecule has 0 saturated heterocycles. The Hall–Kier alpha value is -1.02. The Labute approximate surface area is 157 Å². The van der Waals surface area contributed by atoms with E-state index in [0.29, 0.717) is 12.5 Å². The molecule has 0 aliphatic carbocycles. The van der Waals surface area contributed by atoms with Gasteiger partial charge in [0.2, 0.25) is 0 Å². The molecule has 0 aliphatic heterocycles. The lowest BCUT2D eigenvalue weighted by Crippen LogP contribution is -2.37. The third kappa shape index (κ3) is 9.00. The van der Waals surface area contributed by atoms with Crippen LogP contribution in [-0.2, 0) is 6.54 Å². The van der Waals surface area contributed by atoms with Gasteiger partial charge in [0.15, 0.2) is 5.96 Å². The molecule has 0 radical (unpaired) electrons. The minimum absolute atomic E-state index is 0. The van der Waals surface area contributed by atoms with Crippen LogP contribution in [0.1, 0.15) is 25.8 Å². The van der Waals surface area contributed by atoms with Crippen LogP contribution in [0.2, 0.25) is 0 Å². The van der Waals surface area contributed by atoms with E-state index in [2.05, 4.69) is 37.8 Å². The molecule has 132 valence electrons. The summed E-state index contributed by atoms with van der Waals surface area (Å²) in [6, 6.07) is 8.07. The quantitative estimate of drug-likeness (QED) is 0.281. The predicted octanol–water partition coefficient (Wildman–Crippen LogP) is 2.79. The molecule has 0 amide bonds. The van der Waals surface area contributed by atoms with Crippen LogP contribution in [0, 0.1) is 0 Å². The molecule has 0 fully saturated rings. The first-order valence-electron chi connectivity index (χ1n) is 7.98. The highest BCUT2D eigenvalue weighted by Gasteiger charge is 2.02. The molecule has 5 nitrogen and oxygen atoms in total. The highest BCUT2D eigenvalue weighted by molar-refractivity contribution is 14.0. The average molecular weight is 434 g/mol. The van der Waals surface area contributed by atoms with Crippen LogP contribution >= 0.6 is 24.0 Å². The number of benzene rings is 1. The molecule has 0 atom stereocenters. The number of ether oxygens (including phenoxy) is 1. The summed E-state index contributed by atoms with van der Waals surface area (Å²) < 4.78 is 5.71. The fraction of sp³-hybridized carbons (Fsp3) is 0.588. The Balaban J connectivity index is 0.00000484. The van der Waals surface area contributed by atoms with Crippen LogP contribution in [0.3, 0.4) is 0 Å². The van der Waals surface area contributed by atoms with Gasteiger partial charge in [-0.05, 0) is 52.1 Å². The van der Waals surface area contributed by atoms with Crippen molar-refractivity contribution in [1.29, 1.82) is 0 Å². The Morgan fingerprint density at radius 3 is 2.26 bits per heavy atom. The Bertz CT molecular complexity index is 444. The predicted molar refractivity (Wildman–Crippen MR) is 109 cm³/mol. The summed E-state index contributed by atoms with van der Waals surface area (Å²) in [7, 11) is 4.14. The number of hydrogen-bond donors (Lipinski definition) is 1. The smallest absolute Gasteiger partial charge is 0.191 e. The first-order chi connectivity index (χ1) is 10.6. The number of rotatable bonds is 9. The van der Waals surface area contributed by atoms with E-state index in [9.17, 15) is 0 Å². The van der Waals surface area contributed by atoms with E-state index in [1.54, 1.807) is 0 Å². The van der Waals surface area contributed by atoms with Crippen molar-refractivity contribution in [1.82, 2.24) is 9.80 Å². The van der Waals surface area contributed by atoms with Crippen molar-refractivity contribution in [2.75, 3.05) is 40.3 Å². The molecule has 0 unspecified atom stereocenters. The highest BCUT2D eigenvalue weighted by atomic mass is 127. The van der Waals surface area contributed by atoms with Gasteiger partial charge in [-0.1, -0.05) is 12.1 Å². The first kappa shape index (κ1) is 22.0. The largest absolute Gasteiger partial charge is 0.494 e. The second kappa shape index (κ2) is 12.4. The van der Waals surface area contributed by atoms with Crippen molar-refractivity contribution in [3.8, 4) is 5.75 Å². The van der Waals surface area contributed by atoms with Crippen LogP contribution in [-0.4, -0.2) is 56.1 Å². The van der Waals surface area contributed by atoms with Crippen molar-refractivity contribution >= 4 is 29.9 Å². The third-order valence-electron chi connectivity index (χ3n) is 3.45. The van der Waals surface area contributed by atoms with Gasteiger partial charge in [0.25, 0.3) is 0 Å². The summed E-state index contributed by atoms with van der Waals surface area (Å²) in [5, 5.41) is 0. The number of nitrogens with zero attached hydrogens (tertiary/aromatic N) is 3. The molecule has 0 aromatic heterocycles. The monoisotopic (exact) mass is 434 g/mol. The van der Waals surface area contributed by atoms with E-state index in [-0.39, 0.29) is 24.0 Å². The van der Waals surface area contributed by atoms with Crippen LogP contribution in [0.5, 0.6) is 5.75 Å².